The highest BCUT2D eigenvalue weighted by atomic mass is 16.6. The van der Waals surface area contributed by atoms with Crippen LogP contribution in [0, 0.1) is 10.1 Å². The maximum absolute atomic E-state index is 12.5. The van der Waals surface area contributed by atoms with Crippen molar-refractivity contribution in [3.63, 3.8) is 0 Å². The monoisotopic (exact) mass is 521 g/mol. The molecule has 0 spiro atoms. The number of hydrogen-bond donors (Lipinski definition) is 2. The summed E-state index contributed by atoms with van der Waals surface area (Å²) < 4.78 is 11.0. The van der Waals surface area contributed by atoms with Crippen LogP contribution in [0.5, 0.6) is 11.5 Å². The number of nitro benzene ring substituents is 1. The van der Waals surface area contributed by atoms with Crippen LogP contribution in [-0.4, -0.2) is 29.3 Å². The van der Waals surface area contributed by atoms with Crippen molar-refractivity contribution < 1.29 is 24.0 Å². The van der Waals surface area contributed by atoms with E-state index in [9.17, 15) is 20.0 Å². The Morgan fingerprint density at radius 1 is 1.08 bits per heavy atom. The topological polar surface area (TPSA) is 127 Å². The van der Waals surface area contributed by atoms with Gasteiger partial charge >= 0.3 is 0 Å². The summed E-state index contributed by atoms with van der Waals surface area (Å²) in [6.45, 7) is 12.3. The predicted octanol–water partition coefficient (Wildman–Crippen LogP) is 6.25. The molecule has 0 bridgehead atoms. The quantitative estimate of drug-likeness (QED) is 0.205. The normalized spacial score (nSPS) is 12.1. The number of aromatic hydroxyl groups is 1. The second-order valence-electron chi connectivity index (χ2n) is 11.2. The molecule has 1 aromatic heterocycles. The number of ether oxygens (including phenoxy) is 1. The number of phenolic OH excluding ortho intramolecular Hbond substituents is 1. The van der Waals surface area contributed by atoms with E-state index in [4.69, 9.17) is 9.15 Å². The molecular formula is C29H35N3O6. The van der Waals surface area contributed by atoms with Gasteiger partial charge in [0.25, 0.3) is 5.69 Å². The lowest BCUT2D eigenvalue weighted by Gasteiger charge is -2.28. The van der Waals surface area contributed by atoms with Crippen LogP contribution in [0.1, 0.15) is 70.4 Å². The van der Waals surface area contributed by atoms with Gasteiger partial charge in [0.2, 0.25) is 5.91 Å². The van der Waals surface area contributed by atoms with E-state index in [-0.39, 0.29) is 28.8 Å². The SMILES string of the molecule is COc1ccc([N+](=O)[O-])cc1-c1ccc(/C=N\NC(=O)CCc2cc(C(C)(C)C)c(O)c(C(C)(C)C)c2)o1. The van der Waals surface area contributed by atoms with Gasteiger partial charge in [-0.15, -0.1) is 0 Å². The second-order valence-corrected chi connectivity index (χ2v) is 11.2. The zero-order chi connectivity index (χ0) is 28.3. The Morgan fingerprint density at radius 2 is 1.71 bits per heavy atom. The molecule has 9 heteroatoms. The molecule has 2 aromatic carbocycles. The number of benzene rings is 2. The molecule has 3 aromatic rings. The Bertz CT molecular complexity index is 1320. The minimum Gasteiger partial charge on any atom is -0.507 e. The van der Waals surface area contributed by atoms with E-state index in [1.165, 1.54) is 31.5 Å². The van der Waals surface area contributed by atoms with Crippen LogP contribution in [0.4, 0.5) is 5.69 Å². The van der Waals surface area contributed by atoms with Crippen molar-refractivity contribution in [3.05, 3.63) is 75.0 Å². The molecule has 0 aliphatic heterocycles. The molecule has 0 saturated carbocycles. The molecule has 0 radical (unpaired) electrons. The minimum atomic E-state index is -0.490. The molecule has 38 heavy (non-hydrogen) atoms. The molecule has 3 rings (SSSR count). The molecule has 0 saturated heterocycles. The molecule has 0 unspecified atom stereocenters. The Labute approximate surface area is 222 Å². The highest BCUT2D eigenvalue weighted by Gasteiger charge is 2.26. The lowest BCUT2D eigenvalue weighted by Crippen LogP contribution is -2.20. The van der Waals surface area contributed by atoms with Gasteiger partial charge in [-0.1, -0.05) is 53.7 Å². The van der Waals surface area contributed by atoms with Crippen molar-refractivity contribution in [1.82, 2.24) is 5.43 Å². The number of phenols is 1. The molecule has 0 fully saturated rings. The summed E-state index contributed by atoms with van der Waals surface area (Å²) in [5, 5.41) is 26.0. The summed E-state index contributed by atoms with van der Waals surface area (Å²) in [5.74, 6) is 1.20. The maximum atomic E-state index is 12.5. The number of non-ortho nitro benzene ring substituents is 1. The zero-order valence-corrected chi connectivity index (χ0v) is 22.9. The fraction of sp³-hybridized carbons (Fsp3) is 0.379. The molecule has 202 valence electrons. The van der Waals surface area contributed by atoms with Crippen LogP contribution >= 0.6 is 0 Å². The summed E-state index contributed by atoms with van der Waals surface area (Å²) in [6, 6.07) is 11.5. The first-order valence-electron chi connectivity index (χ1n) is 12.3. The zero-order valence-electron chi connectivity index (χ0n) is 22.9. The number of nitro groups is 1. The van der Waals surface area contributed by atoms with Gasteiger partial charge in [0.05, 0.1) is 23.8 Å². The van der Waals surface area contributed by atoms with Gasteiger partial charge in [-0.05, 0) is 52.1 Å². The fourth-order valence-electron chi connectivity index (χ4n) is 4.03. The highest BCUT2D eigenvalue weighted by molar-refractivity contribution is 5.81. The van der Waals surface area contributed by atoms with Gasteiger partial charge in [0.1, 0.15) is 23.0 Å². The smallest absolute Gasteiger partial charge is 0.270 e. The van der Waals surface area contributed by atoms with E-state index in [0.717, 1.165) is 16.7 Å². The third-order valence-corrected chi connectivity index (χ3v) is 6.09. The average Bonchev–Trinajstić information content (AvgIpc) is 3.30. The Balaban J connectivity index is 1.68. The number of aryl methyl sites for hydroxylation is 1. The molecule has 0 atom stereocenters. The molecule has 1 amide bonds. The number of rotatable bonds is 8. The van der Waals surface area contributed by atoms with Crippen LogP contribution < -0.4 is 10.2 Å². The Morgan fingerprint density at radius 3 is 2.26 bits per heavy atom. The molecule has 1 heterocycles. The number of hydrogen-bond acceptors (Lipinski definition) is 7. The summed E-state index contributed by atoms with van der Waals surface area (Å²) in [6.07, 6.45) is 2.07. The van der Waals surface area contributed by atoms with E-state index in [1.807, 2.05) is 12.1 Å². The van der Waals surface area contributed by atoms with Crippen LogP contribution in [0.2, 0.25) is 0 Å². The van der Waals surface area contributed by atoms with E-state index >= 15 is 0 Å². The molecule has 9 nitrogen and oxygen atoms in total. The summed E-state index contributed by atoms with van der Waals surface area (Å²) in [7, 11) is 1.47. The van der Waals surface area contributed by atoms with Crippen molar-refractivity contribution in [2.75, 3.05) is 7.11 Å². The van der Waals surface area contributed by atoms with Crippen LogP contribution in [0.25, 0.3) is 11.3 Å². The average molecular weight is 522 g/mol. The molecule has 2 N–H and O–H groups in total. The van der Waals surface area contributed by atoms with Crippen LogP contribution in [0.3, 0.4) is 0 Å². The van der Waals surface area contributed by atoms with Crippen molar-refractivity contribution in [2.24, 2.45) is 5.10 Å². The molecular weight excluding hydrogens is 486 g/mol. The van der Waals surface area contributed by atoms with Gasteiger partial charge in [0.15, 0.2) is 0 Å². The number of amides is 1. The Kier molecular flexibility index (Phi) is 8.29. The lowest BCUT2D eigenvalue weighted by atomic mass is 9.78. The summed E-state index contributed by atoms with van der Waals surface area (Å²) in [4.78, 5) is 23.1. The summed E-state index contributed by atoms with van der Waals surface area (Å²) >= 11 is 0. The van der Waals surface area contributed by atoms with E-state index in [1.54, 1.807) is 12.1 Å². The van der Waals surface area contributed by atoms with Gasteiger partial charge < -0.3 is 14.3 Å². The highest BCUT2D eigenvalue weighted by Crippen LogP contribution is 2.40. The third kappa shape index (κ3) is 6.79. The van der Waals surface area contributed by atoms with E-state index in [0.29, 0.717) is 35.0 Å². The lowest BCUT2D eigenvalue weighted by molar-refractivity contribution is -0.384. The first-order chi connectivity index (χ1) is 17.7. The molecule has 0 aliphatic rings. The number of nitrogens with zero attached hydrogens (tertiary/aromatic N) is 2. The number of carbonyl (C=O) groups excluding carboxylic acids is 1. The number of methoxy groups -OCH3 is 1. The van der Waals surface area contributed by atoms with Gasteiger partial charge in [-0.3, -0.25) is 14.9 Å². The van der Waals surface area contributed by atoms with Crippen molar-refractivity contribution in [2.45, 2.75) is 65.2 Å². The fourth-order valence-corrected chi connectivity index (χ4v) is 4.03. The number of nitrogens with one attached hydrogen (secondary N) is 1. The van der Waals surface area contributed by atoms with E-state index < -0.39 is 4.92 Å². The minimum absolute atomic E-state index is 0.0856. The Hall–Kier alpha value is -4.14. The van der Waals surface area contributed by atoms with Crippen LogP contribution in [-0.2, 0) is 22.0 Å². The van der Waals surface area contributed by atoms with Gasteiger partial charge in [0, 0.05) is 18.6 Å². The third-order valence-electron chi connectivity index (χ3n) is 6.09. The number of hydrazone groups is 1. The van der Waals surface area contributed by atoms with Crippen molar-refractivity contribution in [3.8, 4) is 22.8 Å². The van der Waals surface area contributed by atoms with E-state index in [2.05, 4.69) is 52.1 Å². The van der Waals surface area contributed by atoms with Crippen molar-refractivity contribution >= 4 is 17.8 Å². The standard InChI is InChI=1S/C29H35N3O6/c1-28(2,3)22-14-18(15-23(27(22)34)29(4,5)6)8-13-26(33)31-30-17-20-10-12-25(38-20)21-16-19(32(35)36)9-11-24(21)37-7/h9-12,14-17,34H,8,13H2,1-7H3,(H,31,33)/b30-17-. The maximum Gasteiger partial charge on any atom is 0.270 e. The molecule has 0 aliphatic carbocycles. The van der Waals surface area contributed by atoms with Gasteiger partial charge in [-0.2, -0.15) is 5.10 Å². The first kappa shape index (κ1) is 28.4. The second kappa shape index (κ2) is 11.1. The predicted molar refractivity (Wildman–Crippen MR) is 147 cm³/mol. The number of furan rings is 1. The van der Waals surface area contributed by atoms with Crippen LogP contribution in [0.15, 0.2) is 52.0 Å². The summed E-state index contributed by atoms with van der Waals surface area (Å²) in [5.41, 5.74) is 5.04. The number of carbonyl (C=O) groups is 1. The first-order valence-corrected chi connectivity index (χ1v) is 12.3. The van der Waals surface area contributed by atoms with Crippen molar-refractivity contribution in [1.29, 1.82) is 0 Å². The van der Waals surface area contributed by atoms with Gasteiger partial charge in [-0.25, -0.2) is 5.43 Å². The largest absolute Gasteiger partial charge is 0.507 e.